The van der Waals surface area contributed by atoms with Crippen molar-refractivity contribution in [3.05, 3.63) is 53.6 Å². The van der Waals surface area contributed by atoms with Crippen LogP contribution in [0.1, 0.15) is 11.3 Å². The van der Waals surface area contributed by atoms with Gasteiger partial charge in [0.15, 0.2) is 28.8 Å². The van der Waals surface area contributed by atoms with Crippen LogP contribution in [-0.4, -0.2) is 16.9 Å². The number of rotatable bonds is 4. The standard InChI is InChI=1S/C18H19FN4O3/c1-9-5-11-13(23(9)22)3-4-15(18(11)19)26-17(8-20)10-6-16(25-2)14(24)7-12(10)21/h3-8,24H,20-22H2,1-2H3/b17-8+. The van der Waals surface area contributed by atoms with E-state index in [9.17, 15) is 9.50 Å². The molecule has 0 atom stereocenters. The van der Waals surface area contributed by atoms with E-state index in [4.69, 9.17) is 26.8 Å². The topological polar surface area (TPSA) is 122 Å². The molecule has 0 saturated heterocycles. The van der Waals surface area contributed by atoms with Crippen LogP contribution in [0.25, 0.3) is 16.7 Å². The van der Waals surface area contributed by atoms with Gasteiger partial charge in [-0.2, -0.15) is 0 Å². The molecule has 0 radical (unpaired) electrons. The molecule has 3 rings (SSSR count). The molecule has 0 fully saturated rings. The molecule has 0 saturated carbocycles. The number of methoxy groups -OCH3 is 1. The van der Waals surface area contributed by atoms with E-state index in [1.165, 1.54) is 30.0 Å². The molecule has 0 amide bonds. The van der Waals surface area contributed by atoms with Crippen molar-refractivity contribution in [2.75, 3.05) is 18.7 Å². The van der Waals surface area contributed by atoms with E-state index in [2.05, 4.69) is 0 Å². The van der Waals surface area contributed by atoms with E-state index in [-0.39, 0.29) is 28.7 Å². The normalized spacial score (nSPS) is 11.7. The fraction of sp³-hybridized carbons (Fsp3) is 0.111. The predicted octanol–water partition coefficient (Wildman–Crippen LogP) is 2.44. The van der Waals surface area contributed by atoms with Crippen molar-refractivity contribution in [1.29, 1.82) is 0 Å². The van der Waals surface area contributed by atoms with E-state index in [1.807, 2.05) is 0 Å². The number of nitrogen functional groups attached to an aromatic ring is 2. The second-order valence-corrected chi connectivity index (χ2v) is 5.71. The van der Waals surface area contributed by atoms with Gasteiger partial charge < -0.3 is 31.9 Å². The van der Waals surface area contributed by atoms with Gasteiger partial charge in [0.25, 0.3) is 0 Å². The van der Waals surface area contributed by atoms with Crippen LogP contribution in [0.15, 0.2) is 36.5 Å². The fourth-order valence-corrected chi connectivity index (χ4v) is 2.72. The highest BCUT2D eigenvalue weighted by Crippen LogP contribution is 2.36. The van der Waals surface area contributed by atoms with Crippen LogP contribution in [0.4, 0.5) is 10.1 Å². The number of phenolic OH excluding ortho intramolecular Hbond substituents is 1. The predicted molar refractivity (Wildman–Crippen MR) is 98.6 cm³/mol. The number of aromatic nitrogens is 1. The molecule has 7 nitrogen and oxygen atoms in total. The largest absolute Gasteiger partial charge is 0.504 e. The van der Waals surface area contributed by atoms with Crippen LogP contribution in [0.3, 0.4) is 0 Å². The van der Waals surface area contributed by atoms with Crippen LogP contribution in [-0.2, 0) is 0 Å². The molecular weight excluding hydrogens is 339 g/mol. The van der Waals surface area contributed by atoms with Gasteiger partial charge in [0.2, 0.25) is 0 Å². The Morgan fingerprint density at radius 1 is 1.23 bits per heavy atom. The van der Waals surface area contributed by atoms with Gasteiger partial charge in [-0.05, 0) is 31.2 Å². The molecule has 1 heterocycles. The third-order valence-corrected chi connectivity index (χ3v) is 4.10. The van der Waals surface area contributed by atoms with E-state index in [1.54, 1.807) is 19.1 Å². The lowest BCUT2D eigenvalue weighted by Gasteiger charge is -2.15. The number of anilines is 1. The molecule has 0 spiro atoms. The highest BCUT2D eigenvalue weighted by atomic mass is 19.1. The van der Waals surface area contributed by atoms with E-state index in [0.717, 1.165) is 6.20 Å². The van der Waals surface area contributed by atoms with Gasteiger partial charge in [-0.1, -0.05) is 0 Å². The molecule has 7 N–H and O–H groups in total. The quantitative estimate of drug-likeness (QED) is 0.323. The SMILES string of the molecule is COc1cc(/C(=C\N)Oc2ccc3c(cc(C)n3N)c2F)c(N)cc1O. The molecule has 0 bridgehead atoms. The number of hydrogen-bond donors (Lipinski definition) is 4. The summed E-state index contributed by atoms with van der Waals surface area (Å²) in [7, 11) is 1.40. The average molecular weight is 358 g/mol. The Morgan fingerprint density at radius 3 is 2.62 bits per heavy atom. The maximum absolute atomic E-state index is 14.8. The summed E-state index contributed by atoms with van der Waals surface area (Å²) in [5.74, 6) is 5.43. The van der Waals surface area contributed by atoms with Crippen molar-refractivity contribution in [3.8, 4) is 17.2 Å². The lowest BCUT2D eigenvalue weighted by atomic mass is 10.1. The first-order valence-electron chi connectivity index (χ1n) is 7.69. The minimum Gasteiger partial charge on any atom is -0.504 e. The van der Waals surface area contributed by atoms with E-state index >= 15 is 0 Å². The van der Waals surface area contributed by atoms with Gasteiger partial charge in [-0.25, -0.2) is 4.39 Å². The third-order valence-electron chi connectivity index (χ3n) is 4.10. The van der Waals surface area contributed by atoms with Gasteiger partial charge in [0.1, 0.15) is 0 Å². The number of ether oxygens (including phenoxy) is 2. The van der Waals surface area contributed by atoms with Crippen molar-refractivity contribution in [2.24, 2.45) is 5.73 Å². The summed E-state index contributed by atoms with van der Waals surface area (Å²) >= 11 is 0. The first kappa shape index (κ1) is 17.3. The number of fused-ring (bicyclic) bond motifs is 1. The number of benzene rings is 2. The fourth-order valence-electron chi connectivity index (χ4n) is 2.72. The number of nitrogens with two attached hydrogens (primary N) is 3. The van der Waals surface area contributed by atoms with Crippen LogP contribution in [0, 0.1) is 12.7 Å². The molecule has 0 aliphatic carbocycles. The molecule has 8 heteroatoms. The van der Waals surface area contributed by atoms with Gasteiger partial charge in [0.05, 0.1) is 12.6 Å². The highest BCUT2D eigenvalue weighted by molar-refractivity contribution is 5.84. The molecule has 0 aliphatic rings. The second-order valence-electron chi connectivity index (χ2n) is 5.71. The molecule has 0 aliphatic heterocycles. The summed E-state index contributed by atoms with van der Waals surface area (Å²) in [4.78, 5) is 0. The lowest BCUT2D eigenvalue weighted by molar-refractivity contribution is 0.373. The lowest BCUT2D eigenvalue weighted by Crippen LogP contribution is -2.09. The highest BCUT2D eigenvalue weighted by Gasteiger charge is 2.18. The number of phenols is 1. The van der Waals surface area contributed by atoms with Crippen molar-refractivity contribution < 1.29 is 19.0 Å². The van der Waals surface area contributed by atoms with Gasteiger partial charge in [0, 0.05) is 34.6 Å². The van der Waals surface area contributed by atoms with Crippen LogP contribution in [0.2, 0.25) is 0 Å². The number of halogens is 1. The minimum atomic E-state index is -0.571. The molecule has 136 valence electrons. The Balaban J connectivity index is 2.05. The van der Waals surface area contributed by atoms with E-state index < -0.39 is 5.82 Å². The summed E-state index contributed by atoms with van der Waals surface area (Å²) in [5.41, 5.74) is 13.4. The first-order chi connectivity index (χ1) is 12.4. The minimum absolute atomic E-state index is 0.0359. The van der Waals surface area contributed by atoms with Crippen molar-refractivity contribution >= 4 is 22.3 Å². The smallest absolute Gasteiger partial charge is 0.175 e. The zero-order valence-corrected chi connectivity index (χ0v) is 14.3. The molecular formula is C18H19FN4O3. The number of hydrogen-bond acceptors (Lipinski definition) is 6. The van der Waals surface area contributed by atoms with Gasteiger partial charge in [-0.15, -0.1) is 0 Å². The Bertz CT molecular complexity index is 1030. The van der Waals surface area contributed by atoms with Crippen LogP contribution in [0.5, 0.6) is 17.2 Å². The Kier molecular flexibility index (Phi) is 4.25. The number of aryl methyl sites for hydroxylation is 1. The summed E-state index contributed by atoms with van der Waals surface area (Å²) < 4.78 is 26.9. The molecule has 2 aromatic carbocycles. The van der Waals surface area contributed by atoms with Gasteiger partial charge in [-0.3, -0.25) is 4.68 Å². The molecule has 3 aromatic rings. The number of nitrogens with zero attached hydrogens (tertiary/aromatic N) is 1. The molecule has 26 heavy (non-hydrogen) atoms. The summed E-state index contributed by atoms with van der Waals surface area (Å²) in [6.45, 7) is 1.77. The molecule has 0 unspecified atom stereocenters. The zero-order chi connectivity index (χ0) is 19.0. The summed E-state index contributed by atoms with van der Waals surface area (Å²) in [6.07, 6.45) is 1.16. The zero-order valence-electron chi connectivity index (χ0n) is 14.3. The Labute approximate surface area is 149 Å². The average Bonchev–Trinajstić information content (AvgIpc) is 2.91. The maximum atomic E-state index is 14.8. The Hall–Kier alpha value is -3.55. The van der Waals surface area contributed by atoms with Crippen LogP contribution >= 0.6 is 0 Å². The van der Waals surface area contributed by atoms with Crippen LogP contribution < -0.4 is 26.8 Å². The summed E-state index contributed by atoms with van der Waals surface area (Å²) in [6, 6.07) is 7.49. The van der Waals surface area contributed by atoms with E-state index in [0.29, 0.717) is 22.2 Å². The first-order valence-corrected chi connectivity index (χ1v) is 7.69. The molecule has 1 aromatic heterocycles. The van der Waals surface area contributed by atoms with Crippen molar-refractivity contribution in [1.82, 2.24) is 4.68 Å². The summed E-state index contributed by atoms with van der Waals surface area (Å²) in [5, 5.41) is 10.1. The Morgan fingerprint density at radius 2 is 1.96 bits per heavy atom. The van der Waals surface area contributed by atoms with Gasteiger partial charge >= 0.3 is 0 Å². The second kappa shape index (κ2) is 6.40. The third kappa shape index (κ3) is 2.71. The monoisotopic (exact) mass is 358 g/mol. The van der Waals surface area contributed by atoms with Crippen molar-refractivity contribution in [3.63, 3.8) is 0 Å². The van der Waals surface area contributed by atoms with Crippen molar-refractivity contribution in [2.45, 2.75) is 6.92 Å². The number of aromatic hydroxyl groups is 1. The maximum Gasteiger partial charge on any atom is 0.175 e.